The van der Waals surface area contributed by atoms with Crippen LogP contribution in [0.1, 0.15) is 127 Å². The largest absolute Gasteiger partial charge is 0.143 e. The highest BCUT2D eigenvalue weighted by molar-refractivity contribution is 7.22. The maximum atomic E-state index is 2.54. The molecule has 2 heterocycles. The molecule has 0 radical (unpaired) electrons. The highest BCUT2D eigenvalue weighted by atomic mass is 32.1. The van der Waals surface area contributed by atoms with E-state index in [0.717, 1.165) is 0 Å². The highest BCUT2D eigenvalue weighted by Gasteiger charge is 2.17. The number of fused-ring (bicyclic) bond motifs is 7. The number of unbranched alkanes of at least 4 members (excludes halogenated alkanes) is 14. The van der Waals surface area contributed by atoms with E-state index in [9.17, 15) is 0 Å². The van der Waals surface area contributed by atoms with Gasteiger partial charge in [-0.1, -0.05) is 122 Å². The van der Waals surface area contributed by atoms with Crippen LogP contribution < -0.4 is 0 Å². The summed E-state index contributed by atoms with van der Waals surface area (Å²) in [6, 6.07) is 12.1. The molecule has 1 aliphatic carbocycles. The number of thiophene rings is 2. The SMILES string of the molecule is CCCCCCCCCCc1cc2c(s1)c1c(c3ccsc32)=c2c(CCCCCCCCCC)cccc2=1. The number of benzene rings is 2. The molecule has 2 aromatic carbocycles. The second-order valence-electron chi connectivity index (χ2n) is 11.7. The van der Waals surface area contributed by atoms with Crippen LogP contribution in [-0.2, 0) is 12.8 Å². The van der Waals surface area contributed by atoms with Crippen molar-refractivity contribution in [1.29, 1.82) is 0 Å². The first-order valence-electron chi connectivity index (χ1n) is 15.9. The van der Waals surface area contributed by atoms with Crippen molar-refractivity contribution in [2.24, 2.45) is 0 Å². The summed E-state index contributed by atoms with van der Waals surface area (Å²) in [5, 5.41) is 11.6. The topological polar surface area (TPSA) is 0 Å². The van der Waals surface area contributed by atoms with Crippen molar-refractivity contribution < 1.29 is 0 Å². The van der Waals surface area contributed by atoms with Crippen LogP contribution in [0.5, 0.6) is 0 Å². The van der Waals surface area contributed by atoms with Crippen molar-refractivity contribution in [2.75, 3.05) is 0 Å². The number of aryl methyl sites for hydroxylation is 2. The molecular weight excluding hydrogens is 497 g/mol. The Morgan fingerprint density at radius 1 is 0.553 bits per heavy atom. The summed E-state index contributed by atoms with van der Waals surface area (Å²) < 4.78 is 3.07. The lowest BCUT2D eigenvalue weighted by atomic mass is 9.92. The van der Waals surface area contributed by atoms with Gasteiger partial charge in [-0.3, -0.25) is 0 Å². The van der Waals surface area contributed by atoms with E-state index >= 15 is 0 Å². The fourth-order valence-electron chi connectivity index (χ4n) is 6.53. The van der Waals surface area contributed by atoms with E-state index in [2.05, 4.69) is 60.9 Å². The summed E-state index contributed by atoms with van der Waals surface area (Å²) in [7, 11) is 0. The summed E-state index contributed by atoms with van der Waals surface area (Å²) >= 11 is 4.04. The van der Waals surface area contributed by atoms with Crippen LogP contribution in [0.3, 0.4) is 0 Å². The van der Waals surface area contributed by atoms with E-state index in [1.165, 1.54) is 136 Å². The van der Waals surface area contributed by atoms with E-state index in [-0.39, 0.29) is 0 Å². The molecule has 0 N–H and O–H groups in total. The van der Waals surface area contributed by atoms with Crippen molar-refractivity contribution in [3.8, 4) is 0 Å². The van der Waals surface area contributed by atoms with E-state index in [1.807, 2.05) is 11.3 Å². The number of hydrogen-bond acceptors (Lipinski definition) is 2. The van der Waals surface area contributed by atoms with Crippen molar-refractivity contribution >= 4 is 42.8 Å². The normalized spacial score (nSPS) is 12.3. The summed E-state index contributed by atoms with van der Waals surface area (Å²) in [6.45, 7) is 4.61. The minimum absolute atomic E-state index is 1.23. The predicted molar refractivity (Wildman–Crippen MR) is 172 cm³/mol. The predicted octanol–water partition coefficient (Wildman–Crippen LogP) is 12.4. The molecule has 204 valence electrons. The Hall–Kier alpha value is -1.64. The fraction of sp³-hybridized carbons (Fsp3) is 0.556. The highest BCUT2D eigenvalue weighted by Crippen LogP contribution is 2.40. The molecule has 0 bridgehead atoms. The first-order chi connectivity index (χ1) is 18.8. The molecule has 2 aromatic heterocycles. The Balaban J connectivity index is 1.30. The maximum absolute atomic E-state index is 2.54. The lowest BCUT2D eigenvalue weighted by molar-refractivity contribution is 0.575. The van der Waals surface area contributed by atoms with Gasteiger partial charge in [0.1, 0.15) is 0 Å². The molecular formula is C36H48S2. The quantitative estimate of drug-likeness (QED) is 0.0962. The van der Waals surface area contributed by atoms with Gasteiger partial charge < -0.3 is 0 Å². The standard InChI is InChI=1S/C36H48S2/c1-3-5-7-9-11-13-15-17-20-27-21-19-23-29-32(27)33-30-24-25-37-35(30)31-26-28(38-36(31)34(29)33)22-18-16-14-12-10-8-6-4-2/h19,21,23-26H,3-18,20,22H2,1-2H3. The van der Waals surface area contributed by atoms with Gasteiger partial charge in [0.15, 0.2) is 0 Å². The second-order valence-corrected chi connectivity index (χ2v) is 13.7. The number of rotatable bonds is 18. The molecule has 0 fully saturated rings. The lowest BCUT2D eigenvalue weighted by Gasteiger charge is -2.13. The molecule has 0 saturated heterocycles. The summed E-state index contributed by atoms with van der Waals surface area (Å²) in [6.07, 6.45) is 24.8. The molecule has 0 aliphatic heterocycles. The average Bonchev–Trinajstić information content (AvgIpc) is 3.55. The first kappa shape index (κ1) is 27.9. The van der Waals surface area contributed by atoms with Gasteiger partial charge in [-0.25, -0.2) is 0 Å². The molecule has 0 nitrogen and oxygen atoms in total. The van der Waals surface area contributed by atoms with Crippen molar-refractivity contribution in [2.45, 2.75) is 129 Å². The van der Waals surface area contributed by atoms with Crippen molar-refractivity contribution in [1.82, 2.24) is 0 Å². The van der Waals surface area contributed by atoms with Gasteiger partial charge in [0.05, 0.1) is 0 Å². The van der Waals surface area contributed by atoms with E-state index in [4.69, 9.17) is 0 Å². The van der Waals surface area contributed by atoms with Gasteiger partial charge in [-0.05, 0) is 59.2 Å². The van der Waals surface area contributed by atoms with Crippen molar-refractivity contribution in [3.63, 3.8) is 0 Å². The molecule has 0 atom stereocenters. The zero-order valence-corrected chi connectivity index (χ0v) is 25.6. The Bertz CT molecular complexity index is 1500. The molecule has 38 heavy (non-hydrogen) atoms. The minimum Gasteiger partial charge on any atom is -0.143 e. The maximum Gasteiger partial charge on any atom is 0.0445 e. The third-order valence-electron chi connectivity index (χ3n) is 8.69. The molecule has 0 unspecified atom stereocenters. The van der Waals surface area contributed by atoms with Gasteiger partial charge in [0.25, 0.3) is 0 Å². The van der Waals surface area contributed by atoms with Crippen LogP contribution in [0.15, 0.2) is 35.7 Å². The van der Waals surface area contributed by atoms with Gasteiger partial charge in [-0.15, -0.1) is 22.7 Å². The zero-order valence-electron chi connectivity index (χ0n) is 24.0. The van der Waals surface area contributed by atoms with Gasteiger partial charge >= 0.3 is 0 Å². The molecule has 0 spiro atoms. The third-order valence-corrected chi connectivity index (χ3v) is 10.8. The van der Waals surface area contributed by atoms with Crippen LogP contribution in [0, 0.1) is 20.9 Å². The molecule has 5 rings (SSSR count). The smallest absolute Gasteiger partial charge is 0.0445 e. The molecule has 1 aliphatic rings. The van der Waals surface area contributed by atoms with Gasteiger partial charge in [-0.2, -0.15) is 0 Å². The third kappa shape index (κ3) is 6.23. The van der Waals surface area contributed by atoms with E-state index in [1.54, 1.807) is 30.8 Å². The van der Waals surface area contributed by atoms with Crippen LogP contribution >= 0.6 is 22.7 Å². The van der Waals surface area contributed by atoms with Crippen LogP contribution in [0.4, 0.5) is 0 Å². The van der Waals surface area contributed by atoms with Crippen LogP contribution in [0.2, 0.25) is 0 Å². The van der Waals surface area contributed by atoms with Gasteiger partial charge in [0, 0.05) is 35.5 Å². The monoisotopic (exact) mass is 544 g/mol. The average molecular weight is 545 g/mol. The van der Waals surface area contributed by atoms with Crippen LogP contribution in [-0.4, -0.2) is 0 Å². The number of hydrogen-bond donors (Lipinski definition) is 0. The van der Waals surface area contributed by atoms with E-state index in [0.29, 0.717) is 0 Å². The summed E-state index contributed by atoms with van der Waals surface area (Å²) in [4.78, 5) is 1.60. The molecule has 0 saturated carbocycles. The Kier molecular flexibility index (Phi) is 10.4. The van der Waals surface area contributed by atoms with Gasteiger partial charge in [0.2, 0.25) is 0 Å². The lowest BCUT2D eigenvalue weighted by Crippen LogP contribution is -1.98. The van der Waals surface area contributed by atoms with E-state index < -0.39 is 0 Å². The van der Waals surface area contributed by atoms with Crippen molar-refractivity contribution in [3.05, 3.63) is 67.0 Å². The Labute approximate surface area is 238 Å². The molecule has 4 aromatic rings. The Morgan fingerprint density at radius 3 is 1.87 bits per heavy atom. The summed E-state index contributed by atoms with van der Waals surface area (Å²) in [5.74, 6) is 0. The van der Waals surface area contributed by atoms with Crippen LogP contribution in [0.25, 0.3) is 20.2 Å². The fourth-order valence-corrected chi connectivity index (χ4v) is 8.79. The summed E-state index contributed by atoms with van der Waals surface area (Å²) in [5.41, 5.74) is 1.59. The minimum atomic E-state index is 1.23. The Morgan fingerprint density at radius 2 is 1.18 bits per heavy atom. The molecule has 2 heteroatoms. The molecule has 0 amide bonds. The first-order valence-corrected chi connectivity index (χ1v) is 17.6. The zero-order chi connectivity index (χ0) is 26.2. The second kappa shape index (κ2) is 14.1.